The first kappa shape index (κ1) is 24.0. The van der Waals surface area contributed by atoms with Gasteiger partial charge in [-0.25, -0.2) is 14.3 Å². The molecule has 4 rings (SSSR count). The van der Waals surface area contributed by atoms with Crippen molar-refractivity contribution >= 4 is 17.9 Å². The molecule has 1 aliphatic carbocycles. The number of aromatic nitrogens is 2. The third-order valence-corrected chi connectivity index (χ3v) is 5.90. The normalized spacial score (nSPS) is 14.2. The molecule has 1 saturated carbocycles. The number of imide groups is 1. The summed E-state index contributed by atoms with van der Waals surface area (Å²) in [4.78, 5) is 37.8. The number of esters is 1. The number of hydrogen-bond donors (Lipinski definition) is 2. The number of rotatable bonds is 7. The second kappa shape index (κ2) is 10.9. The number of nitrogens with one attached hydrogen (secondary N) is 2. The Kier molecular flexibility index (Phi) is 7.45. The molecule has 0 spiro atoms. The largest absolute Gasteiger partial charge is 0.496 e. The van der Waals surface area contributed by atoms with Crippen LogP contribution in [0.5, 0.6) is 5.75 Å². The zero-order chi connectivity index (χ0) is 24.8. The summed E-state index contributed by atoms with van der Waals surface area (Å²) in [5.41, 5.74) is 1.86. The molecule has 1 fully saturated rings. The molecule has 9 nitrogen and oxygen atoms in total. The van der Waals surface area contributed by atoms with Crippen LogP contribution in [0.25, 0.3) is 16.9 Å². The van der Waals surface area contributed by atoms with Gasteiger partial charge >= 0.3 is 12.0 Å². The van der Waals surface area contributed by atoms with Gasteiger partial charge in [-0.3, -0.25) is 10.1 Å². The van der Waals surface area contributed by atoms with E-state index in [4.69, 9.17) is 9.47 Å². The lowest BCUT2D eigenvalue weighted by atomic mass is 10.1. The van der Waals surface area contributed by atoms with Crippen LogP contribution < -0.4 is 15.4 Å². The van der Waals surface area contributed by atoms with Gasteiger partial charge in [0.05, 0.1) is 12.8 Å². The van der Waals surface area contributed by atoms with Crippen LogP contribution in [0.1, 0.15) is 43.0 Å². The Morgan fingerprint density at radius 2 is 1.71 bits per heavy atom. The molecule has 2 aromatic carbocycles. The van der Waals surface area contributed by atoms with Gasteiger partial charge in [0.15, 0.2) is 6.10 Å². The van der Waals surface area contributed by atoms with E-state index in [2.05, 4.69) is 15.7 Å². The van der Waals surface area contributed by atoms with Gasteiger partial charge < -0.3 is 14.8 Å². The molecular formula is C26H28N4O5. The van der Waals surface area contributed by atoms with Crippen molar-refractivity contribution in [1.82, 2.24) is 20.4 Å². The van der Waals surface area contributed by atoms with Crippen molar-refractivity contribution < 1.29 is 23.9 Å². The number of ether oxygens (including phenoxy) is 2. The number of carbonyl (C=O) groups is 3. The number of urea groups is 1. The van der Waals surface area contributed by atoms with Gasteiger partial charge in [0.25, 0.3) is 5.91 Å². The number of amides is 3. The zero-order valence-electron chi connectivity index (χ0n) is 19.7. The van der Waals surface area contributed by atoms with Gasteiger partial charge in [0.1, 0.15) is 17.0 Å². The number of benzene rings is 2. The topological polar surface area (TPSA) is 112 Å². The lowest BCUT2D eigenvalue weighted by molar-refractivity contribution is -0.127. The molecule has 1 aliphatic rings. The van der Waals surface area contributed by atoms with E-state index < -0.39 is 24.0 Å². The quantitative estimate of drug-likeness (QED) is 0.501. The summed E-state index contributed by atoms with van der Waals surface area (Å²) >= 11 is 0. The first-order valence-corrected chi connectivity index (χ1v) is 11.6. The minimum Gasteiger partial charge on any atom is -0.496 e. The highest BCUT2D eigenvalue weighted by Crippen LogP contribution is 2.32. The maximum atomic E-state index is 13.2. The summed E-state index contributed by atoms with van der Waals surface area (Å²) in [7, 11) is 1.54. The Balaban J connectivity index is 1.54. The van der Waals surface area contributed by atoms with Crippen LogP contribution in [0.4, 0.5) is 4.79 Å². The fourth-order valence-electron chi connectivity index (χ4n) is 4.06. The van der Waals surface area contributed by atoms with Crippen molar-refractivity contribution in [1.29, 1.82) is 0 Å². The molecular weight excluding hydrogens is 448 g/mol. The van der Waals surface area contributed by atoms with Gasteiger partial charge in [0, 0.05) is 17.8 Å². The van der Waals surface area contributed by atoms with Crippen LogP contribution in [-0.4, -0.2) is 46.9 Å². The van der Waals surface area contributed by atoms with Crippen LogP contribution in [0.2, 0.25) is 0 Å². The summed E-state index contributed by atoms with van der Waals surface area (Å²) in [6.07, 6.45) is 4.25. The minimum absolute atomic E-state index is 0.0629. The Morgan fingerprint density at radius 1 is 1.03 bits per heavy atom. The van der Waals surface area contributed by atoms with Crippen LogP contribution in [0.15, 0.2) is 60.8 Å². The highest BCUT2D eigenvalue weighted by molar-refractivity contribution is 6.00. The Bertz CT molecular complexity index is 1200. The Morgan fingerprint density at radius 3 is 2.43 bits per heavy atom. The molecule has 0 bridgehead atoms. The lowest BCUT2D eigenvalue weighted by Crippen LogP contribution is -2.47. The second-order valence-corrected chi connectivity index (χ2v) is 8.36. The zero-order valence-corrected chi connectivity index (χ0v) is 19.7. The van der Waals surface area contributed by atoms with Gasteiger partial charge in [0.2, 0.25) is 0 Å². The van der Waals surface area contributed by atoms with Crippen molar-refractivity contribution in [2.75, 3.05) is 7.11 Å². The highest BCUT2D eigenvalue weighted by atomic mass is 16.5. The van der Waals surface area contributed by atoms with E-state index in [9.17, 15) is 14.4 Å². The molecule has 2 N–H and O–H groups in total. The van der Waals surface area contributed by atoms with Crippen molar-refractivity contribution in [3.05, 3.63) is 66.4 Å². The third-order valence-electron chi connectivity index (χ3n) is 5.90. The average Bonchev–Trinajstić information content (AvgIpc) is 3.54. The number of para-hydroxylation sites is 2. The van der Waals surface area contributed by atoms with Crippen molar-refractivity contribution in [3.8, 4) is 22.7 Å². The van der Waals surface area contributed by atoms with E-state index in [0.29, 0.717) is 17.0 Å². The van der Waals surface area contributed by atoms with Crippen molar-refractivity contribution in [2.24, 2.45) is 0 Å². The van der Waals surface area contributed by atoms with Crippen LogP contribution in [-0.2, 0) is 9.53 Å². The first-order valence-electron chi connectivity index (χ1n) is 11.6. The average molecular weight is 477 g/mol. The van der Waals surface area contributed by atoms with E-state index in [-0.39, 0.29) is 11.6 Å². The Hall–Kier alpha value is -4.14. The van der Waals surface area contributed by atoms with Gasteiger partial charge in [-0.1, -0.05) is 43.2 Å². The number of methoxy groups -OCH3 is 1. The summed E-state index contributed by atoms with van der Waals surface area (Å²) in [5.74, 6) is -0.913. The predicted molar refractivity (Wildman–Crippen MR) is 129 cm³/mol. The summed E-state index contributed by atoms with van der Waals surface area (Å²) < 4.78 is 12.5. The fraction of sp³-hybridized carbons (Fsp3) is 0.308. The molecule has 1 unspecified atom stereocenters. The molecule has 182 valence electrons. The van der Waals surface area contributed by atoms with E-state index in [1.54, 1.807) is 23.0 Å². The maximum absolute atomic E-state index is 13.2. The SMILES string of the molecule is COc1ccccc1-c1nn(-c2ccccc2)cc1C(=O)OC(C)C(=O)NC(=O)NC1CCCC1. The van der Waals surface area contributed by atoms with Crippen LogP contribution in [0, 0.1) is 0 Å². The number of carbonyl (C=O) groups excluding carboxylic acids is 3. The molecule has 1 aromatic heterocycles. The molecule has 0 radical (unpaired) electrons. The number of hydrogen-bond acceptors (Lipinski definition) is 6. The van der Waals surface area contributed by atoms with E-state index in [1.807, 2.05) is 42.5 Å². The van der Waals surface area contributed by atoms with E-state index in [1.165, 1.54) is 14.0 Å². The highest BCUT2D eigenvalue weighted by Gasteiger charge is 2.27. The summed E-state index contributed by atoms with van der Waals surface area (Å²) in [6.45, 7) is 1.42. The molecule has 0 aliphatic heterocycles. The lowest BCUT2D eigenvalue weighted by Gasteiger charge is -2.15. The molecule has 3 aromatic rings. The fourth-order valence-corrected chi connectivity index (χ4v) is 4.06. The molecule has 9 heteroatoms. The molecule has 0 saturated heterocycles. The molecule has 3 amide bonds. The van der Waals surface area contributed by atoms with Gasteiger partial charge in [-0.2, -0.15) is 5.10 Å². The minimum atomic E-state index is -1.19. The predicted octanol–water partition coefficient (Wildman–Crippen LogP) is 3.86. The second-order valence-electron chi connectivity index (χ2n) is 8.36. The van der Waals surface area contributed by atoms with Crippen molar-refractivity contribution in [2.45, 2.75) is 44.8 Å². The van der Waals surface area contributed by atoms with Crippen LogP contribution in [0.3, 0.4) is 0 Å². The first-order chi connectivity index (χ1) is 17.0. The number of nitrogens with zero attached hydrogens (tertiary/aromatic N) is 2. The summed E-state index contributed by atoms with van der Waals surface area (Å²) in [5, 5.41) is 9.64. The maximum Gasteiger partial charge on any atom is 0.342 e. The third kappa shape index (κ3) is 5.68. The van der Waals surface area contributed by atoms with Gasteiger partial charge in [-0.15, -0.1) is 0 Å². The monoisotopic (exact) mass is 476 g/mol. The molecule has 1 atom stereocenters. The molecule has 35 heavy (non-hydrogen) atoms. The van der Waals surface area contributed by atoms with Crippen LogP contribution >= 0.6 is 0 Å². The summed E-state index contributed by atoms with van der Waals surface area (Å²) in [6, 6.07) is 16.0. The smallest absolute Gasteiger partial charge is 0.342 e. The van der Waals surface area contributed by atoms with E-state index in [0.717, 1.165) is 31.4 Å². The van der Waals surface area contributed by atoms with E-state index >= 15 is 0 Å². The van der Waals surface area contributed by atoms with Gasteiger partial charge in [-0.05, 0) is 44.0 Å². The Labute approximate surface area is 203 Å². The molecule has 1 heterocycles. The standard InChI is InChI=1S/C26H28N4O5/c1-17(24(31)28-26(33)27-18-10-6-7-11-18)35-25(32)21-16-30(19-12-4-3-5-13-19)29-23(21)20-14-8-9-15-22(20)34-2/h3-5,8-9,12-18H,6-7,10-11H2,1-2H3,(H2,27,28,31,33). The van der Waals surface area contributed by atoms with Crippen molar-refractivity contribution in [3.63, 3.8) is 0 Å².